The van der Waals surface area contributed by atoms with E-state index in [0.717, 1.165) is 12.1 Å². The van der Waals surface area contributed by atoms with Crippen LogP contribution in [0.25, 0.3) is 0 Å². The maximum atomic E-state index is 12.8. The Bertz CT molecular complexity index is 991. The molecular formula is C19H16F3N5O. The number of benzene rings is 2. The molecule has 0 aliphatic heterocycles. The van der Waals surface area contributed by atoms with Crippen LogP contribution in [-0.4, -0.2) is 15.9 Å². The Labute approximate surface area is 158 Å². The van der Waals surface area contributed by atoms with Gasteiger partial charge < -0.3 is 16.0 Å². The number of amides is 1. The lowest BCUT2D eigenvalue weighted by Gasteiger charge is -2.11. The Kier molecular flexibility index (Phi) is 5.44. The van der Waals surface area contributed by atoms with Gasteiger partial charge in [-0.25, -0.2) is 4.98 Å². The molecule has 3 aromatic rings. The highest BCUT2D eigenvalue weighted by Gasteiger charge is 2.30. The van der Waals surface area contributed by atoms with Gasteiger partial charge in [-0.05, 0) is 42.5 Å². The van der Waals surface area contributed by atoms with E-state index in [2.05, 4.69) is 25.9 Å². The number of hydrogen-bond acceptors (Lipinski definition) is 5. The number of nitrogens with one attached hydrogen (secondary N) is 3. The summed E-state index contributed by atoms with van der Waals surface area (Å²) in [6.45, 7) is 1.41. The molecule has 0 unspecified atom stereocenters. The number of hydrogen-bond donors (Lipinski definition) is 3. The van der Waals surface area contributed by atoms with Gasteiger partial charge >= 0.3 is 6.18 Å². The third kappa shape index (κ3) is 5.19. The van der Waals surface area contributed by atoms with Crippen LogP contribution >= 0.6 is 0 Å². The smallest absolute Gasteiger partial charge is 0.340 e. The van der Waals surface area contributed by atoms with Crippen molar-refractivity contribution in [2.75, 3.05) is 16.0 Å². The molecule has 3 N–H and O–H groups in total. The molecule has 1 heterocycles. The van der Waals surface area contributed by atoms with Crippen molar-refractivity contribution in [2.45, 2.75) is 13.1 Å². The Morgan fingerprint density at radius 3 is 2.32 bits per heavy atom. The molecule has 0 bridgehead atoms. The number of aromatic nitrogens is 2. The van der Waals surface area contributed by atoms with Gasteiger partial charge in [0.25, 0.3) is 0 Å². The summed E-state index contributed by atoms with van der Waals surface area (Å²) >= 11 is 0. The van der Waals surface area contributed by atoms with Gasteiger partial charge in [-0.15, -0.1) is 0 Å². The van der Waals surface area contributed by atoms with Crippen LogP contribution in [-0.2, 0) is 11.0 Å². The van der Waals surface area contributed by atoms with Gasteiger partial charge in [-0.1, -0.05) is 12.1 Å². The normalized spacial score (nSPS) is 11.0. The van der Waals surface area contributed by atoms with E-state index in [1.165, 1.54) is 25.3 Å². The summed E-state index contributed by atoms with van der Waals surface area (Å²) in [4.78, 5) is 19.4. The molecule has 3 rings (SSSR count). The lowest BCUT2D eigenvalue weighted by molar-refractivity contribution is -0.137. The SMILES string of the molecule is CC(=O)Nc1cccc(Nc2ccnc(Nc3cccc(C(F)(F)F)c3)n2)c1. The first-order valence-electron chi connectivity index (χ1n) is 8.21. The van der Waals surface area contributed by atoms with Crippen LogP contribution in [0.5, 0.6) is 0 Å². The van der Waals surface area contributed by atoms with Crippen LogP contribution in [0.4, 0.5) is 42.0 Å². The summed E-state index contributed by atoms with van der Waals surface area (Å²) in [6.07, 6.45) is -2.95. The Morgan fingerprint density at radius 2 is 1.61 bits per heavy atom. The summed E-state index contributed by atoms with van der Waals surface area (Å²) in [5.41, 5.74) is 0.755. The van der Waals surface area contributed by atoms with Crippen molar-refractivity contribution >= 4 is 34.7 Å². The molecule has 0 atom stereocenters. The first-order valence-corrected chi connectivity index (χ1v) is 8.21. The van der Waals surface area contributed by atoms with Crippen molar-refractivity contribution in [1.29, 1.82) is 0 Å². The minimum absolute atomic E-state index is 0.141. The van der Waals surface area contributed by atoms with Gasteiger partial charge in [0.15, 0.2) is 0 Å². The zero-order valence-corrected chi connectivity index (χ0v) is 14.7. The fourth-order valence-electron chi connectivity index (χ4n) is 2.42. The minimum Gasteiger partial charge on any atom is -0.340 e. The molecule has 144 valence electrons. The largest absolute Gasteiger partial charge is 0.416 e. The highest BCUT2D eigenvalue weighted by Crippen LogP contribution is 2.31. The van der Waals surface area contributed by atoms with Crippen molar-refractivity contribution < 1.29 is 18.0 Å². The second-order valence-electron chi connectivity index (χ2n) is 5.86. The van der Waals surface area contributed by atoms with E-state index in [1.54, 1.807) is 30.3 Å². The highest BCUT2D eigenvalue weighted by molar-refractivity contribution is 5.89. The molecule has 0 radical (unpaired) electrons. The number of rotatable bonds is 5. The molecule has 0 saturated carbocycles. The number of alkyl halides is 3. The molecular weight excluding hydrogens is 371 g/mol. The summed E-state index contributed by atoms with van der Waals surface area (Å²) in [5.74, 6) is 0.388. The molecule has 0 fully saturated rings. The molecule has 6 nitrogen and oxygen atoms in total. The van der Waals surface area contributed by atoms with Gasteiger partial charge in [0.05, 0.1) is 5.56 Å². The maximum absolute atomic E-state index is 12.8. The fourth-order valence-corrected chi connectivity index (χ4v) is 2.42. The fraction of sp³-hybridized carbons (Fsp3) is 0.105. The summed E-state index contributed by atoms with van der Waals surface area (Å²) in [5, 5.41) is 8.49. The molecule has 1 amide bonds. The summed E-state index contributed by atoms with van der Waals surface area (Å²) in [6, 6.07) is 13.4. The Balaban J connectivity index is 1.75. The summed E-state index contributed by atoms with van der Waals surface area (Å²) < 4.78 is 38.5. The van der Waals surface area contributed by atoms with Crippen molar-refractivity contribution in [3.8, 4) is 0 Å². The van der Waals surface area contributed by atoms with Gasteiger partial charge in [0.2, 0.25) is 11.9 Å². The van der Waals surface area contributed by atoms with Crippen LogP contribution in [0.3, 0.4) is 0 Å². The molecule has 2 aromatic carbocycles. The van der Waals surface area contributed by atoms with Gasteiger partial charge in [0, 0.05) is 30.2 Å². The molecule has 9 heteroatoms. The summed E-state index contributed by atoms with van der Waals surface area (Å²) in [7, 11) is 0. The van der Waals surface area contributed by atoms with Crippen LogP contribution in [0.15, 0.2) is 60.8 Å². The first-order chi connectivity index (χ1) is 13.3. The van der Waals surface area contributed by atoms with E-state index in [9.17, 15) is 18.0 Å². The number of halogens is 3. The van der Waals surface area contributed by atoms with Crippen LogP contribution in [0.1, 0.15) is 12.5 Å². The average Bonchev–Trinajstić information content (AvgIpc) is 2.61. The van der Waals surface area contributed by atoms with Crippen molar-refractivity contribution in [2.24, 2.45) is 0 Å². The van der Waals surface area contributed by atoms with Crippen LogP contribution in [0, 0.1) is 0 Å². The lowest BCUT2D eigenvalue weighted by atomic mass is 10.2. The maximum Gasteiger partial charge on any atom is 0.416 e. The molecule has 28 heavy (non-hydrogen) atoms. The first kappa shape index (κ1) is 19.2. The van der Waals surface area contributed by atoms with Crippen LogP contribution in [0.2, 0.25) is 0 Å². The topological polar surface area (TPSA) is 78.9 Å². The van der Waals surface area contributed by atoms with E-state index in [4.69, 9.17) is 0 Å². The number of carbonyl (C=O) groups is 1. The molecule has 0 spiro atoms. The molecule has 0 saturated heterocycles. The van der Waals surface area contributed by atoms with Crippen molar-refractivity contribution in [3.05, 3.63) is 66.4 Å². The lowest BCUT2D eigenvalue weighted by Crippen LogP contribution is -2.06. The number of carbonyl (C=O) groups excluding carboxylic acids is 1. The van der Waals surface area contributed by atoms with Gasteiger partial charge in [-0.2, -0.15) is 18.2 Å². The zero-order chi connectivity index (χ0) is 20.1. The number of anilines is 5. The highest BCUT2D eigenvalue weighted by atomic mass is 19.4. The monoisotopic (exact) mass is 387 g/mol. The second-order valence-corrected chi connectivity index (χ2v) is 5.86. The van der Waals surface area contributed by atoms with Gasteiger partial charge in [-0.3, -0.25) is 4.79 Å². The Morgan fingerprint density at radius 1 is 0.929 bits per heavy atom. The van der Waals surface area contributed by atoms with Crippen LogP contribution < -0.4 is 16.0 Å². The van der Waals surface area contributed by atoms with Crippen molar-refractivity contribution in [3.63, 3.8) is 0 Å². The third-order valence-corrected chi connectivity index (χ3v) is 3.56. The molecule has 1 aromatic heterocycles. The average molecular weight is 387 g/mol. The van der Waals surface area contributed by atoms with E-state index in [0.29, 0.717) is 17.2 Å². The van der Waals surface area contributed by atoms with Crippen molar-refractivity contribution in [1.82, 2.24) is 9.97 Å². The second kappa shape index (κ2) is 7.95. The van der Waals surface area contributed by atoms with E-state index >= 15 is 0 Å². The zero-order valence-electron chi connectivity index (χ0n) is 14.7. The van der Waals surface area contributed by atoms with E-state index in [-0.39, 0.29) is 17.5 Å². The van der Waals surface area contributed by atoms with E-state index in [1.807, 2.05) is 0 Å². The minimum atomic E-state index is -4.43. The predicted octanol–water partition coefficient (Wildman–Crippen LogP) is 4.94. The molecule has 0 aliphatic rings. The standard InChI is InChI=1S/C19H16F3N5O/c1-12(28)24-15-6-3-7-16(11-15)25-17-8-9-23-18(27-17)26-14-5-2-4-13(10-14)19(20,21)22/h2-11H,1H3,(H,24,28)(H2,23,25,26,27). The Hall–Kier alpha value is -3.62. The van der Waals surface area contributed by atoms with E-state index < -0.39 is 11.7 Å². The number of nitrogens with zero attached hydrogens (tertiary/aromatic N) is 2. The predicted molar refractivity (Wildman–Crippen MR) is 101 cm³/mol. The third-order valence-electron chi connectivity index (χ3n) is 3.56. The molecule has 0 aliphatic carbocycles. The van der Waals surface area contributed by atoms with Gasteiger partial charge in [0.1, 0.15) is 5.82 Å². The quantitative estimate of drug-likeness (QED) is 0.578.